The number of amides is 1. The maximum atomic E-state index is 12.2. The van der Waals surface area contributed by atoms with E-state index in [4.69, 9.17) is 10.4 Å². The van der Waals surface area contributed by atoms with Crippen molar-refractivity contribution in [3.8, 4) is 0 Å². The van der Waals surface area contributed by atoms with Crippen molar-refractivity contribution in [1.82, 2.24) is 15.2 Å². The predicted molar refractivity (Wildman–Crippen MR) is 75.3 cm³/mol. The Hall–Kier alpha value is -2.31. The molecule has 3 rings (SSSR count). The first kappa shape index (κ1) is 12.7. The second-order valence-corrected chi connectivity index (χ2v) is 5.08. The van der Waals surface area contributed by atoms with Crippen LogP contribution in [0.2, 0.25) is 0 Å². The molecule has 0 aliphatic carbocycles. The van der Waals surface area contributed by atoms with Crippen LogP contribution >= 0.6 is 0 Å². The standard InChI is InChI=1S/C13H17N5O2/c1-17(8-11(19)18-6-2-3-7-18)10-5-4-9(14)12-13(10)16-20-15-12/h4-5H,2-3,6-8,14H2,1H3. The molecular formula is C13H17N5O2. The van der Waals surface area contributed by atoms with Gasteiger partial charge in [-0.1, -0.05) is 0 Å². The van der Waals surface area contributed by atoms with Crippen molar-refractivity contribution in [2.24, 2.45) is 0 Å². The summed E-state index contributed by atoms with van der Waals surface area (Å²) in [6, 6.07) is 3.58. The monoisotopic (exact) mass is 275 g/mol. The molecule has 7 heteroatoms. The Morgan fingerprint density at radius 3 is 2.80 bits per heavy atom. The zero-order valence-electron chi connectivity index (χ0n) is 11.4. The van der Waals surface area contributed by atoms with E-state index in [1.807, 2.05) is 22.9 Å². The van der Waals surface area contributed by atoms with Crippen molar-refractivity contribution >= 4 is 28.3 Å². The van der Waals surface area contributed by atoms with Gasteiger partial charge in [-0.05, 0) is 35.3 Å². The Kier molecular flexibility index (Phi) is 3.17. The fraction of sp³-hybridized carbons (Fsp3) is 0.462. The third-order valence-electron chi connectivity index (χ3n) is 3.67. The molecular weight excluding hydrogens is 258 g/mol. The predicted octanol–water partition coefficient (Wildman–Crippen LogP) is 0.864. The fourth-order valence-electron chi connectivity index (χ4n) is 2.54. The van der Waals surface area contributed by atoms with E-state index in [0.29, 0.717) is 23.3 Å². The molecule has 0 bridgehead atoms. The molecule has 2 N–H and O–H groups in total. The Bertz CT molecular complexity index is 633. The number of benzene rings is 1. The number of likely N-dealkylation sites (N-methyl/N-ethyl adjacent to an activating group) is 1. The van der Waals surface area contributed by atoms with Gasteiger partial charge in [-0.2, -0.15) is 0 Å². The van der Waals surface area contributed by atoms with Crippen molar-refractivity contribution in [1.29, 1.82) is 0 Å². The van der Waals surface area contributed by atoms with Crippen LogP contribution in [0.3, 0.4) is 0 Å². The highest BCUT2D eigenvalue weighted by molar-refractivity contribution is 5.96. The summed E-state index contributed by atoms with van der Waals surface area (Å²) in [5.74, 6) is 0.131. The highest BCUT2D eigenvalue weighted by atomic mass is 16.6. The number of likely N-dealkylation sites (tertiary alicyclic amines) is 1. The van der Waals surface area contributed by atoms with E-state index in [1.165, 1.54) is 0 Å². The number of aromatic nitrogens is 2. The third kappa shape index (κ3) is 2.15. The van der Waals surface area contributed by atoms with Gasteiger partial charge in [-0.15, -0.1) is 0 Å². The van der Waals surface area contributed by atoms with Gasteiger partial charge in [0.15, 0.2) is 11.0 Å². The quantitative estimate of drug-likeness (QED) is 0.836. The number of nitrogen functional groups attached to an aromatic ring is 1. The molecule has 20 heavy (non-hydrogen) atoms. The van der Waals surface area contributed by atoms with Gasteiger partial charge in [-0.3, -0.25) is 4.79 Å². The number of hydrogen-bond donors (Lipinski definition) is 1. The van der Waals surface area contributed by atoms with Crippen LogP contribution in [-0.4, -0.2) is 47.8 Å². The maximum Gasteiger partial charge on any atom is 0.242 e. The zero-order chi connectivity index (χ0) is 14.1. The molecule has 1 amide bonds. The average Bonchev–Trinajstić information content (AvgIpc) is 3.10. The van der Waals surface area contributed by atoms with Gasteiger partial charge in [0.1, 0.15) is 0 Å². The molecule has 2 heterocycles. The topological polar surface area (TPSA) is 88.5 Å². The van der Waals surface area contributed by atoms with Crippen LogP contribution in [0.15, 0.2) is 16.8 Å². The highest BCUT2D eigenvalue weighted by Gasteiger charge is 2.21. The van der Waals surface area contributed by atoms with Crippen LogP contribution in [0.5, 0.6) is 0 Å². The first-order valence-corrected chi connectivity index (χ1v) is 6.66. The lowest BCUT2D eigenvalue weighted by atomic mass is 10.2. The number of carbonyl (C=O) groups excluding carboxylic acids is 1. The fourth-order valence-corrected chi connectivity index (χ4v) is 2.54. The summed E-state index contributed by atoms with van der Waals surface area (Å²) in [6.07, 6.45) is 2.18. The lowest BCUT2D eigenvalue weighted by Gasteiger charge is -2.22. The summed E-state index contributed by atoms with van der Waals surface area (Å²) in [5.41, 5.74) is 8.24. The van der Waals surface area contributed by atoms with Gasteiger partial charge in [-0.25, -0.2) is 4.63 Å². The van der Waals surface area contributed by atoms with E-state index in [9.17, 15) is 4.79 Å². The molecule has 1 aliphatic rings. The lowest BCUT2D eigenvalue weighted by molar-refractivity contribution is -0.128. The Labute approximate surface area is 116 Å². The number of fused-ring (bicyclic) bond motifs is 1. The smallest absolute Gasteiger partial charge is 0.242 e. The molecule has 0 radical (unpaired) electrons. The normalized spacial score (nSPS) is 14.9. The van der Waals surface area contributed by atoms with Crippen LogP contribution in [0.4, 0.5) is 11.4 Å². The van der Waals surface area contributed by atoms with E-state index in [-0.39, 0.29) is 5.91 Å². The van der Waals surface area contributed by atoms with Crippen LogP contribution in [0.25, 0.3) is 11.0 Å². The van der Waals surface area contributed by atoms with Crippen LogP contribution < -0.4 is 10.6 Å². The summed E-state index contributed by atoms with van der Waals surface area (Å²) in [4.78, 5) is 15.9. The van der Waals surface area contributed by atoms with E-state index in [2.05, 4.69) is 10.3 Å². The number of rotatable bonds is 3. The number of nitrogens with zero attached hydrogens (tertiary/aromatic N) is 4. The number of carbonyl (C=O) groups is 1. The average molecular weight is 275 g/mol. The van der Waals surface area contributed by atoms with Gasteiger partial charge in [0.2, 0.25) is 5.91 Å². The van der Waals surface area contributed by atoms with Crippen molar-refractivity contribution in [3.63, 3.8) is 0 Å². The molecule has 0 saturated carbocycles. The Balaban J connectivity index is 1.81. The van der Waals surface area contributed by atoms with Crippen molar-refractivity contribution < 1.29 is 9.42 Å². The molecule has 1 fully saturated rings. The largest absolute Gasteiger partial charge is 0.397 e. The lowest BCUT2D eigenvalue weighted by Crippen LogP contribution is -2.37. The van der Waals surface area contributed by atoms with E-state index in [1.54, 1.807) is 6.07 Å². The SMILES string of the molecule is CN(CC(=O)N1CCCC1)c1ccc(N)c2nonc12. The number of nitrogens with two attached hydrogens (primary N) is 1. The summed E-state index contributed by atoms with van der Waals surface area (Å²) >= 11 is 0. The number of anilines is 2. The molecule has 7 nitrogen and oxygen atoms in total. The van der Waals surface area contributed by atoms with Crippen LogP contribution in [-0.2, 0) is 4.79 Å². The molecule has 106 valence electrons. The minimum absolute atomic E-state index is 0.131. The van der Waals surface area contributed by atoms with Crippen molar-refractivity contribution in [2.75, 3.05) is 37.3 Å². The minimum atomic E-state index is 0.131. The van der Waals surface area contributed by atoms with Crippen molar-refractivity contribution in [3.05, 3.63) is 12.1 Å². The molecule has 0 spiro atoms. The van der Waals surface area contributed by atoms with Gasteiger partial charge in [0.25, 0.3) is 0 Å². The molecule has 1 aromatic heterocycles. The third-order valence-corrected chi connectivity index (χ3v) is 3.67. The van der Waals surface area contributed by atoms with Crippen LogP contribution in [0.1, 0.15) is 12.8 Å². The Morgan fingerprint density at radius 2 is 2.05 bits per heavy atom. The molecule has 1 aliphatic heterocycles. The van der Waals surface area contributed by atoms with E-state index < -0.39 is 0 Å². The van der Waals surface area contributed by atoms with Gasteiger partial charge in [0, 0.05) is 20.1 Å². The first-order chi connectivity index (χ1) is 9.66. The van der Waals surface area contributed by atoms with Gasteiger partial charge in [0.05, 0.1) is 17.9 Å². The number of hydrogen-bond acceptors (Lipinski definition) is 6. The summed E-state index contributed by atoms with van der Waals surface area (Å²) in [6.45, 7) is 2.02. The van der Waals surface area contributed by atoms with Crippen LogP contribution in [0, 0.1) is 0 Å². The zero-order valence-corrected chi connectivity index (χ0v) is 11.4. The van der Waals surface area contributed by atoms with E-state index in [0.717, 1.165) is 31.6 Å². The van der Waals surface area contributed by atoms with Gasteiger partial charge >= 0.3 is 0 Å². The van der Waals surface area contributed by atoms with E-state index >= 15 is 0 Å². The molecule has 1 aromatic carbocycles. The summed E-state index contributed by atoms with van der Waals surface area (Å²) in [5, 5.41) is 7.66. The molecule has 1 saturated heterocycles. The molecule has 0 unspecified atom stereocenters. The molecule has 2 aromatic rings. The maximum absolute atomic E-state index is 12.2. The molecule has 0 atom stereocenters. The second-order valence-electron chi connectivity index (χ2n) is 5.08. The summed E-state index contributed by atoms with van der Waals surface area (Å²) < 4.78 is 4.74. The highest BCUT2D eigenvalue weighted by Crippen LogP contribution is 2.27. The van der Waals surface area contributed by atoms with Crippen molar-refractivity contribution in [2.45, 2.75) is 12.8 Å². The second kappa shape index (κ2) is 4.99. The Morgan fingerprint density at radius 1 is 1.35 bits per heavy atom. The first-order valence-electron chi connectivity index (χ1n) is 6.66. The van der Waals surface area contributed by atoms with Gasteiger partial charge < -0.3 is 15.5 Å². The summed E-state index contributed by atoms with van der Waals surface area (Å²) in [7, 11) is 1.85. The minimum Gasteiger partial charge on any atom is -0.397 e.